The van der Waals surface area contributed by atoms with Crippen LogP contribution in [0.25, 0.3) is 0 Å². The van der Waals surface area contributed by atoms with Gasteiger partial charge in [0.2, 0.25) is 0 Å². The van der Waals surface area contributed by atoms with E-state index in [9.17, 15) is 4.39 Å². The molecule has 2 aromatic rings. The van der Waals surface area contributed by atoms with Gasteiger partial charge in [0.1, 0.15) is 5.82 Å². The molecule has 0 bridgehead atoms. The summed E-state index contributed by atoms with van der Waals surface area (Å²) in [5, 5.41) is 3.75. The quantitative estimate of drug-likeness (QED) is 0.840. The van der Waals surface area contributed by atoms with Gasteiger partial charge in [-0.1, -0.05) is 33.6 Å². The van der Waals surface area contributed by atoms with Crippen molar-refractivity contribution in [3.05, 3.63) is 68.4 Å². The predicted molar refractivity (Wildman–Crippen MR) is 81.2 cm³/mol. The van der Waals surface area contributed by atoms with Crippen LogP contribution in [0.2, 0.25) is 5.02 Å². The second kappa shape index (κ2) is 6.04. The monoisotopic (exact) mass is 341 g/mol. The highest BCUT2D eigenvalue weighted by molar-refractivity contribution is 9.10. The van der Waals surface area contributed by atoms with Gasteiger partial charge in [-0.15, -0.1) is 0 Å². The molecule has 2 aromatic carbocycles. The highest BCUT2D eigenvalue weighted by Crippen LogP contribution is 2.31. The van der Waals surface area contributed by atoms with Crippen molar-refractivity contribution in [3.8, 4) is 0 Å². The third kappa shape index (κ3) is 3.16. The first-order chi connectivity index (χ1) is 9.02. The van der Waals surface area contributed by atoms with E-state index in [1.807, 2.05) is 32.2 Å². The van der Waals surface area contributed by atoms with E-state index in [2.05, 4.69) is 21.2 Å². The predicted octanol–water partition coefficient (Wildman–Crippen LogP) is 4.86. The normalized spacial score (nSPS) is 12.5. The zero-order chi connectivity index (χ0) is 14.0. The van der Waals surface area contributed by atoms with Gasteiger partial charge in [-0.05, 0) is 61.0 Å². The smallest absolute Gasteiger partial charge is 0.123 e. The van der Waals surface area contributed by atoms with E-state index in [0.29, 0.717) is 5.02 Å². The van der Waals surface area contributed by atoms with Gasteiger partial charge in [0.05, 0.1) is 6.04 Å². The molecule has 0 aromatic heterocycles. The maximum atomic E-state index is 13.4. The summed E-state index contributed by atoms with van der Waals surface area (Å²) in [5.41, 5.74) is 2.94. The van der Waals surface area contributed by atoms with Gasteiger partial charge in [0, 0.05) is 9.50 Å². The number of nitrogens with one attached hydrogen (secondary N) is 1. The van der Waals surface area contributed by atoms with Gasteiger partial charge in [-0.25, -0.2) is 4.39 Å². The fraction of sp³-hybridized carbons (Fsp3) is 0.200. The van der Waals surface area contributed by atoms with E-state index >= 15 is 0 Å². The van der Waals surface area contributed by atoms with Crippen molar-refractivity contribution in [1.82, 2.24) is 5.32 Å². The molecular formula is C15H14BrClFN. The van der Waals surface area contributed by atoms with Crippen molar-refractivity contribution in [2.75, 3.05) is 7.05 Å². The van der Waals surface area contributed by atoms with E-state index in [1.54, 1.807) is 6.07 Å². The molecule has 1 atom stereocenters. The summed E-state index contributed by atoms with van der Waals surface area (Å²) in [5.74, 6) is -0.285. The third-order valence-corrected chi connectivity index (χ3v) is 3.95. The fourth-order valence-electron chi connectivity index (χ4n) is 2.14. The topological polar surface area (TPSA) is 12.0 Å². The molecule has 0 fully saturated rings. The summed E-state index contributed by atoms with van der Waals surface area (Å²) in [6, 6.07) is 10.3. The number of hydrogen-bond donors (Lipinski definition) is 1. The van der Waals surface area contributed by atoms with Crippen LogP contribution >= 0.6 is 27.5 Å². The molecule has 0 aliphatic rings. The molecular weight excluding hydrogens is 329 g/mol. The zero-order valence-corrected chi connectivity index (χ0v) is 13.0. The van der Waals surface area contributed by atoms with Crippen LogP contribution in [0.1, 0.15) is 22.7 Å². The van der Waals surface area contributed by atoms with E-state index in [4.69, 9.17) is 11.6 Å². The van der Waals surface area contributed by atoms with Crippen molar-refractivity contribution < 1.29 is 4.39 Å². The minimum absolute atomic E-state index is 0.138. The molecule has 0 spiro atoms. The average molecular weight is 343 g/mol. The average Bonchev–Trinajstić information content (AvgIpc) is 2.38. The highest BCUT2D eigenvalue weighted by atomic mass is 79.9. The van der Waals surface area contributed by atoms with Crippen LogP contribution in [0.4, 0.5) is 4.39 Å². The second-order valence-corrected chi connectivity index (χ2v) is 5.71. The summed E-state index contributed by atoms with van der Waals surface area (Å²) in [4.78, 5) is 0. The first kappa shape index (κ1) is 14.5. The largest absolute Gasteiger partial charge is 0.309 e. The van der Waals surface area contributed by atoms with Gasteiger partial charge < -0.3 is 5.32 Å². The summed E-state index contributed by atoms with van der Waals surface area (Å²) >= 11 is 9.66. The molecule has 1 unspecified atom stereocenters. The molecule has 1 nitrogen and oxygen atoms in total. The van der Waals surface area contributed by atoms with Gasteiger partial charge in [0.15, 0.2) is 0 Å². The van der Waals surface area contributed by atoms with Crippen LogP contribution in [0.5, 0.6) is 0 Å². The Morgan fingerprint density at radius 1 is 1.16 bits per heavy atom. The van der Waals surface area contributed by atoms with Gasteiger partial charge in [-0.3, -0.25) is 0 Å². The first-order valence-corrected chi connectivity index (χ1v) is 7.08. The number of hydrogen-bond acceptors (Lipinski definition) is 1. The second-order valence-electron chi connectivity index (χ2n) is 4.39. The summed E-state index contributed by atoms with van der Waals surface area (Å²) in [7, 11) is 1.84. The van der Waals surface area contributed by atoms with E-state index in [1.165, 1.54) is 12.1 Å². The van der Waals surface area contributed by atoms with Crippen LogP contribution in [0.3, 0.4) is 0 Å². The maximum absolute atomic E-state index is 13.4. The zero-order valence-electron chi connectivity index (χ0n) is 10.7. The molecule has 0 saturated heterocycles. The Bertz CT molecular complexity index is 549. The summed E-state index contributed by atoms with van der Waals surface area (Å²) in [6.07, 6.45) is 0. The lowest BCUT2D eigenvalue weighted by molar-refractivity contribution is 0.616. The van der Waals surface area contributed by atoms with Crippen molar-refractivity contribution in [2.45, 2.75) is 13.0 Å². The molecule has 1 N–H and O–H groups in total. The summed E-state index contributed by atoms with van der Waals surface area (Å²) < 4.78 is 14.4. The van der Waals surface area contributed by atoms with Crippen LogP contribution in [-0.4, -0.2) is 7.05 Å². The van der Waals surface area contributed by atoms with E-state index < -0.39 is 0 Å². The molecule has 0 heterocycles. The number of rotatable bonds is 3. The highest BCUT2D eigenvalue weighted by Gasteiger charge is 2.18. The Labute approximate surface area is 125 Å². The molecule has 100 valence electrons. The van der Waals surface area contributed by atoms with Crippen molar-refractivity contribution in [1.29, 1.82) is 0 Å². The third-order valence-electron chi connectivity index (χ3n) is 3.11. The SMILES string of the molecule is CNC(c1cc(Br)ccc1C)c1cc(F)ccc1Cl. The Morgan fingerprint density at radius 2 is 1.89 bits per heavy atom. The molecule has 0 radical (unpaired) electrons. The molecule has 19 heavy (non-hydrogen) atoms. The van der Waals surface area contributed by atoms with E-state index in [-0.39, 0.29) is 11.9 Å². The van der Waals surface area contributed by atoms with Gasteiger partial charge >= 0.3 is 0 Å². The Kier molecular flexibility index (Phi) is 4.61. The molecule has 0 aliphatic heterocycles. The molecule has 4 heteroatoms. The first-order valence-electron chi connectivity index (χ1n) is 5.91. The maximum Gasteiger partial charge on any atom is 0.123 e. The van der Waals surface area contributed by atoms with E-state index in [0.717, 1.165) is 21.2 Å². The molecule has 2 rings (SSSR count). The lowest BCUT2D eigenvalue weighted by atomic mass is 9.95. The molecule has 0 amide bonds. The Hall–Kier alpha value is -0.900. The van der Waals surface area contributed by atoms with Crippen LogP contribution in [-0.2, 0) is 0 Å². The number of aryl methyl sites for hydroxylation is 1. The summed E-state index contributed by atoms with van der Waals surface area (Å²) in [6.45, 7) is 2.03. The van der Waals surface area contributed by atoms with Crippen LogP contribution in [0.15, 0.2) is 40.9 Å². The van der Waals surface area contributed by atoms with Crippen LogP contribution < -0.4 is 5.32 Å². The lowest BCUT2D eigenvalue weighted by Crippen LogP contribution is -2.19. The lowest BCUT2D eigenvalue weighted by Gasteiger charge is -2.21. The van der Waals surface area contributed by atoms with Crippen molar-refractivity contribution in [3.63, 3.8) is 0 Å². The number of benzene rings is 2. The molecule has 0 aliphatic carbocycles. The van der Waals surface area contributed by atoms with Crippen molar-refractivity contribution >= 4 is 27.5 Å². The van der Waals surface area contributed by atoms with Crippen LogP contribution in [0, 0.1) is 12.7 Å². The fourth-order valence-corrected chi connectivity index (χ4v) is 2.74. The van der Waals surface area contributed by atoms with Crippen molar-refractivity contribution in [2.24, 2.45) is 0 Å². The van der Waals surface area contributed by atoms with Gasteiger partial charge in [-0.2, -0.15) is 0 Å². The number of halogens is 3. The molecule has 0 saturated carbocycles. The Balaban J connectivity index is 2.55. The Morgan fingerprint density at radius 3 is 2.58 bits per heavy atom. The standard InChI is InChI=1S/C15H14BrClFN/c1-9-3-4-10(16)7-12(9)15(19-2)13-8-11(18)5-6-14(13)17/h3-8,15,19H,1-2H3. The minimum Gasteiger partial charge on any atom is -0.309 e. The van der Waals surface area contributed by atoms with Gasteiger partial charge in [0.25, 0.3) is 0 Å². The minimum atomic E-state index is -0.285.